The highest BCUT2D eigenvalue weighted by atomic mass is 35.5. The summed E-state index contributed by atoms with van der Waals surface area (Å²) in [6.45, 7) is 8.33. The summed E-state index contributed by atoms with van der Waals surface area (Å²) in [5.74, 6) is -2.65. The van der Waals surface area contributed by atoms with Crippen LogP contribution in [0.15, 0.2) is 59.9 Å². The van der Waals surface area contributed by atoms with Gasteiger partial charge >= 0.3 is 6.18 Å². The fourth-order valence-electron chi connectivity index (χ4n) is 4.58. The maximum absolute atomic E-state index is 14.8. The first-order valence-electron chi connectivity index (χ1n) is 12.4. The van der Waals surface area contributed by atoms with Crippen LogP contribution in [0, 0.1) is 11.6 Å². The zero-order chi connectivity index (χ0) is 28.3. The second kappa shape index (κ2) is 12.1. The van der Waals surface area contributed by atoms with E-state index in [9.17, 15) is 22.0 Å². The Bertz CT molecular complexity index is 1260. The zero-order valence-corrected chi connectivity index (χ0v) is 22.3. The molecule has 0 bridgehead atoms. The molecule has 2 aliphatic rings. The lowest BCUT2D eigenvalue weighted by Crippen LogP contribution is -2.54. The average molecular weight is 570 g/mol. The number of hydrogen-bond donors (Lipinski definition) is 0. The van der Waals surface area contributed by atoms with Crippen LogP contribution in [0.2, 0.25) is 5.02 Å². The molecule has 0 aliphatic carbocycles. The molecule has 0 amide bonds. The number of rotatable bonds is 6. The molecule has 0 saturated carbocycles. The molecular weight excluding hydrogens is 541 g/mol. The Morgan fingerprint density at radius 3 is 2.54 bits per heavy atom. The highest BCUT2D eigenvalue weighted by Crippen LogP contribution is 2.38. The molecule has 2 aromatic carbocycles. The third-order valence-electron chi connectivity index (χ3n) is 6.74. The molecule has 4 rings (SSSR count). The molecule has 2 atom stereocenters. The lowest BCUT2D eigenvalue weighted by molar-refractivity contribution is -0.137. The number of alkyl halides is 3. The molecule has 0 spiro atoms. The van der Waals surface area contributed by atoms with Crippen LogP contribution in [0.3, 0.4) is 0 Å². The molecule has 0 aromatic heterocycles. The molecule has 11 heteroatoms. The SMILES string of the molecule is C=C1/N=C(/CCc2cc(F)c(Oc3ccc(Cl)c(C(F)(F)F)c3)c(F)c2)C/C=C\C(N2CCOCC2C)N1C. The van der Waals surface area contributed by atoms with Crippen LogP contribution in [0.4, 0.5) is 22.0 Å². The summed E-state index contributed by atoms with van der Waals surface area (Å²) in [4.78, 5) is 9.00. The number of benzene rings is 2. The van der Waals surface area contributed by atoms with Crippen LogP contribution < -0.4 is 4.74 Å². The molecule has 1 fully saturated rings. The van der Waals surface area contributed by atoms with Gasteiger partial charge in [-0.25, -0.2) is 13.8 Å². The first kappa shape index (κ1) is 29.0. The number of ether oxygens (including phenoxy) is 2. The summed E-state index contributed by atoms with van der Waals surface area (Å²) in [7, 11) is 1.92. The number of aliphatic imine (C=N–C) groups is 1. The van der Waals surface area contributed by atoms with Gasteiger partial charge in [-0.15, -0.1) is 0 Å². The van der Waals surface area contributed by atoms with Crippen molar-refractivity contribution in [1.29, 1.82) is 0 Å². The summed E-state index contributed by atoms with van der Waals surface area (Å²) in [6, 6.07) is 5.13. The van der Waals surface area contributed by atoms with Crippen molar-refractivity contribution in [3.05, 3.63) is 82.7 Å². The first-order chi connectivity index (χ1) is 18.4. The Hall–Kier alpha value is -2.95. The topological polar surface area (TPSA) is 37.3 Å². The fourth-order valence-corrected chi connectivity index (χ4v) is 4.81. The maximum Gasteiger partial charge on any atom is 0.417 e. The van der Waals surface area contributed by atoms with Crippen LogP contribution in [0.1, 0.15) is 30.9 Å². The third-order valence-corrected chi connectivity index (χ3v) is 7.06. The van der Waals surface area contributed by atoms with E-state index in [0.717, 1.165) is 36.5 Å². The van der Waals surface area contributed by atoms with Gasteiger partial charge in [0.15, 0.2) is 17.4 Å². The highest BCUT2D eigenvalue weighted by molar-refractivity contribution is 6.31. The van der Waals surface area contributed by atoms with Crippen LogP contribution in [-0.2, 0) is 17.3 Å². The van der Waals surface area contributed by atoms with Crippen molar-refractivity contribution in [2.24, 2.45) is 4.99 Å². The molecule has 2 heterocycles. The number of nitrogens with zero attached hydrogens (tertiary/aromatic N) is 3. The van der Waals surface area contributed by atoms with Crippen molar-refractivity contribution in [3.8, 4) is 11.5 Å². The van der Waals surface area contributed by atoms with Crippen molar-refractivity contribution in [2.45, 2.75) is 44.6 Å². The van der Waals surface area contributed by atoms with Gasteiger partial charge in [0, 0.05) is 31.8 Å². The lowest BCUT2D eigenvalue weighted by Gasteiger charge is -2.43. The second-order valence-corrected chi connectivity index (χ2v) is 9.95. The summed E-state index contributed by atoms with van der Waals surface area (Å²) in [6.07, 6.45) is 0.676. The van der Waals surface area contributed by atoms with Crippen molar-refractivity contribution in [3.63, 3.8) is 0 Å². The van der Waals surface area contributed by atoms with Gasteiger partial charge < -0.3 is 14.4 Å². The molecule has 39 heavy (non-hydrogen) atoms. The summed E-state index contributed by atoms with van der Waals surface area (Å²) in [5.41, 5.74) is 0.00172. The minimum atomic E-state index is -4.74. The van der Waals surface area contributed by atoms with E-state index in [1.807, 2.05) is 18.0 Å². The van der Waals surface area contributed by atoms with Gasteiger partial charge in [-0.1, -0.05) is 30.3 Å². The van der Waals surface area contributed by atoms with Crippen molar-refractivity contribution in [2.75, 3.05) is 26.8 Å². The number of aryl methyl sites for hydroxylation is 1. The van der Waals surface area contributed by atoms with Crippen molar-refractivity contribution < 1.29 is 31.4 Å². The Morgan fingerprint density at radius 2 is 1.87 bits per heavy atom. The van der Waals surface area contributed by atoms with Gasteiger partial charge in [-0.2, -0.15) is 13.2 Å². The van der Waals surface area contributed by atoms with Gasteiger partial charge in [0.1, 0.15) is 17.7 Å². The van der Waals surface area contributed by atoms with Crippen LogP contribution in [0.25, 0.3) is 0 Å². The fraction of sp³-hybridized carbons (Fsp3) is 0.393. The summed E-state index contributed by atoms with van der Waals surface area (Å²) >= 11 is 5.60. The van der Waals surface area contributed by atoms with E-state index in [0.29, 0.717) is 49.9 Å². The molecule has 2 aliphatic heterocycles. The number of halogens is 6. The van der Waals surface area contributed by atoms with Gasteiger partial charge in [0.2, 0.25) is 0 Å². The Balaban J connectivity index is 1.43. The van der Waals surface area contributed by atoms with Crippen LogP contribution >= 0.6 is 11.6 Å². The van der Waals surface area contributed by atoms with E-state index in [-0.39, 0.29) is 18.0 Å². The monoisotopic (exact) mass is 569 g/mol. The molecule has 0 N–H and O–H groups in total. The Labute approximate surface area is 229 Å². The molecular formula is C28H29ClF5N3O2. The van der Waals surface area contributed by atoms with Gasteiger partial charge in [-0.3, -0.25) is 4.90 Å². The zero-order valence-electron chi connectivity index (χ0n) is 21.6. The average Bonchev–Trinajstić information content (AvgIpc) is 2.86. The van der Waals surface area contributed by atoms with Crippen LogP contribution in [0.5, 0.6) is 11.5 Å². The van der Waals surface area contributed by atoms with Crippen molar-refractivity contribution >= 4 is 17.3 Å². The smallest absolute Gasteiger partial charge is 0.417 e. The summed E-state index contributed by atoms with van der Waals surface area (Å²) in [5, 5.41) is -0.543. The normalized spacial score (nSPS) is 23.1. The van der Waals surface area contributed by atoms with E-state index >= 15 is 0 Å². The quantitative estimate of drug-likeness (QED) is 0.272. The van der Waals surface area contributed by atoms with E-state index in [1.54, 1.807) is 0 Å². The predicted octanol–water partition coefficient (Wildman–Crippen LogP) is 7.21. The number of morpholine rings is 1. The lowest BCUT2D eigenvalue weighted by atomic mass is 10.0. The molecule has 1 saturated heterocycles. The Kier molecular flexibility index (Phi) is 8.98. The predicted molar refractivity (Wildman–Crippen MR) is 140 cm³/mol. The van der Waals surface area contributed by atoms with E-state index < -0.39 is 34.1 Å². The van der Waals surface area contributed by atoms with Gasteiger partial charge in [0.05, 0.1) is 23.8 Å². The maximum atomic E-state index is 14.8. The molecule has 2 unspecified atom stereocenters. The molecule has 5 nitrogen and oxygen atoms in total. The molecule has 2 aromatic rings. The van der Waals surface area contributed by atoms with Gasteiger partial charge in [0.25, 0.3) is 0 Å². The second-order valence-electron chi connectivity index (χ2n) is 9.54. The van der Waals surface area contributed by atoms with E-state index in [4.69, 9.17) is 21.1 Å². The number of hydrogen-bond acceptors (Lipinski definition) is 5. The third kappa shape index (κ3) is 6.98. The van der Waals surface area contributed by atoms with Crippen molar-refractivity contribution in [1.82, 2.24) is 9.80 Å². The summed E-state index contributed by atoms with van der Waals surface area (Å²) < 4.78 is 79.6. The molecule has 210 valence electrons. The first-order valence-corrected chi connectivity index (χ1v) is 12.8. The minimum Gasteiger partial charge on any atom is -0.451 e. The number of allylic oxidation sites excluding steroid dienone is 1. The number of likely N-dealkylation sites (N-methyl/N-ethyl adjacent to an activating group) is 1. The standard InChI is InChI=1S/C28H29ClF5N3O2/c1-17-16-38-12-11-37(17)26-6-4-5-20(35-18(2)36(26)3)8-7-19-13-24(30)27(25(31)14-19)39-21-9-10-23(29)22(15-21)28(32,33)34/h4,6,9-10,13-15,17,26H,2,5,7-8,11-12,16H2,1,3H3/b6-4-,35-20+. The molecule has 0 radical (unpaired) electrons. The van der Waals surface area contributed by atoms with Gasteiger partial charge in [-0.05, 0) is 55.7 Å². The van der Waals surface area contributed by atoms with E-state index in [1.165, 1.54) is 0 Å². The Morgan fingerprint density at radius 1 is 1.15 bits per heavy atom. The van der Waals surface area contributed by atoms with E-state index in [2.05, 4.69) is 29.5 Å². The highest BCUT2D eigenvalue weighted by Gasteiger charge is 2.34. The minimum absolute atomic E-state index is 0.00899. The van der Waals surface area contributed by atoms with Crippen LogP contribution in [-0.4, -0.2) is 54.5 Å². The largest absolute Gasteiger partial charge is 0.451 e.